The Balaban J connectivity index is 2.51. The van der Waals surface area contributed by atoms with E-state index < -0.39 is 5.24 Å². The zero-order valence-electron chi connectivity index (χ0n) is 6.52. The highest BCUT2D eigenvalue weighted by molar-refractivity contribution is 8.13. The van der Waals surface area contributed by atoms with E-state index in [2.05, 4.69) is 15.0 Å². The molecule has 0 aliphatic rings. The first-order valence-corrected chi connectivity index (χ1v) is 4.33. The van der Waals surface area contributed by atoms with Crippen molar-refractivity contribution in [1.29, 1.82) is 0 Å². The van der Waals surface area contributed by atoms with Gasteiger partial charge >= 0.3 is 0 Å². The van der Waals surface area contributed by atoms with E-state index in [1.54, 1.807) is 12.4 Å². The Labute approximate surface area is 77.8 Å². The number of primary amides is 1. The van der Waals surface area contributed by atoms with Gasteiger partial charge in [-0.3, -0.25) is 4.79 Å². The Bertz CT molecular complexity index is 452. The van der Waals surface area contributed by atoms with Crippen LogP contribution in [-0.4, -0.2) is 20.2 Å². The predicted octanol–water partition coefficient (Wildman–Crippen LogP) is 1.13. The van der Waals surface area contributed by atoms with Crippen molar-refractivity contribution in [1.82, 2.24) is 15.0 Å². The van der Waals surface area contributed by atoms with E-state index in [4.69, 9.17) is 5.73 Å². The molecule has 2 aromatic rings. The molecule has 0 atom stereocenters. The number of thioether (sulfide) groups is 1. The van der Waals surface area contributed by atoms with E-state index in [1.165, 1.54) is 6.33 Å². The molecular weight excluding hydrogens is 188 g/mol. The number of aromatic amines is 1. The van der Waals surface area contributed by atoms with Gasteiger partial charge in [-0.15, -0.1) is 0 Å². The van der Waals surface area contributed by atoms with E-state index in [9.17, 15) is 4.79 Å². The molecule has 0 saturated heterocycles. The van der Waals surface area contributed by atoms with Crippen LogP contribution < -0.4 is 5.73 Å². The molecule has 2 heterocycles. The minimum atomic E-state index is -0.440. The standard InChI is InChI=1S/C7H6N4OS/c8-7(12)13-5-2-10-6-4(5)1-9-3-11-6/h1-3H,(H2,8,12)(H,9,10,11). The predicted molar refractivity (Wildman–Crippen MR) is 49.3 cm³/mol. The fourth-order valence-electron chi connectivity index (χ4n) is 1.03. The van der Waals surface area contributed by atoms with E-state index in [-0.39, 0.29) is 0 Å². The Morgan fingerprint density at radius 3 is 3.23 bits per heavy atom. The number of nitrogens with zero attached hydrogens (tertiary/aromatic N) is 2. The molecule has 66 valence electrons. The lowest BCUT2D eigenvalue weighted by atomic mass is 10.4. The summed E-state index contributed by atoms with van der Waals surface area (Å²) in [5.41, 5.74) is 5.75. The van der Waals surface area contributed by atoms with Crippen LogP contribution in [-0.2, 0) is 0 Å². The van der Waals surface area contributed by atoms with Crippen LogP contribution in [0.15, 0.2) is 23.6 Å². The largest absolute Gasteiger partial charge is 0.360 e. The lowest BCUT2D eigenvalue weighted by Crippen LogP contribution is -2.00. The highest BCUT2D eigenvalue weighted by atomic mass is 32.2. The number of carbonyl (C=O) groups excluding carboxylic acids is 1. The maximum atomic E-state index is 10.6. The topological polar surface area (TPSA) is 84.7 Å². The van der Waals surface area contributed by atoms with Crippen LogP contribution in [0, 0.1) is 0 Å². The van der Waals surface area contributed by atoms with Crippen LogP contribution in [0.1, 0.15) is 0 Å². The van der Waals surface area contributed by atoms with Crippen molar-refractivity contribution >= 4 is 28.0 Å². The summed E-state index contributed by atoms with van der Waals surface area (Å²) in [7, 11) is 0. The van der Waals surface area contributed by atoms with Crippen LogP contribution in [0.5, 0.6) is 0 Å². The van der Waals surface area contributed by atoms with Crippen LogP contribution in [0.3, 0.4) is 0 Å². The van der Waals surface area contributed by atoms with E-state index in [0.717, 1.165) is 22.0 Å². The van der Waals surface area contributed by atoms with Crippen molar-refractivity contribution in [3.05, 3.63) is 18.7 Å². The molecule has 0 aromatic carbocycles. The molecule has 0 bridgehead atoms. The van der Waals surface area contributed by atoms with Gasteiger partial charge in [-0.2, -0.15) is 0 Å². The van der Waals surface area contributed by atoms with Gasteiger partial charge in [0.1, 0.15) is 12.0 Å². The number of nitrogens with two attached hydrogens (primary N) is 1. The number of amides is 1. The van der Waals surface area contributed by atoms with E-state index >= 15 is 0 Å². The van der Waals surface area contributed by atoms with Crippen molar-refractivity contribution in [3.8, 4) is 0 Å². The second-order valence-corrected chi connectivity index (χ2v) is 3.41. The molecular formula is C7H6N4OS. The first-order valence-electron chi connectivity index (χ1n) is 3.52. The number of fused-ring (bicyclic) bond motifs is 1. The van der Waals surface area contributed by atoms with Gasteiger partial charge < -0.3 is 10.7 Å². The minimum Gasteiger partial charge on any atom is -0.360 e. The van der Waals surface area contributed by atoms with Crippen LogP contribution in [0.4, 0.5) is 4.79 Å². The van der Waals surface area contributed by atoms with Gasteiger partial charge in [0.05, 0.1) is 5.39 Å². The van der Waals surface area contributed by atoms with Gasteiger partial charge in [-0.05, 0) is 11.8 Å². The van der Waals surface area contributed by atoms with Gasteiger partial charge in [0, 0.05) is 17.3 Å². The molecule has 0 unspecified atom stereocenters. The molecule has 0 saturated carbocycles. The third-order valence-electron chi connectivity index (χ3n) is 1.53. The third kappa shape index (κ3) is 1.48. The van der Waals surface area contributed by atoms with Gasteiger partial charge in [0.2, 0.25) is 0 Å². The molecule has 5 nitrogen and oxygen atoms in total. The fourth-order valence-corrected chi connectivity index (χ4v) is 1.62. The molecule has 1 amide bonds. The van der Waals surface area contributed by atoms with E-state index in [1.807, 2.05) is 0 Å². The quantitative estimate of drug-likeness (QED) is 0.666. The van der Waals surface area contributed by atoms with Crippen molar-refractivity contribution in [2.75, 3.05) is 0 Å². The van der Waals surface area contributed by atoms with E-state index in [0.29, 0.717) is 5.65 Å². The summed E-state index contributed by atoms with van der Waals surface area (Å²) in [4.78, 5) is 22.1. The Kier molecular flexibility index (Phi) is 1.90. The van der Waals surface area contributed by atoms with Crippen molar-refractivity contribution in [2.45, 2.75) is 4.90 Å². The second kappa shape index (κ2) is 3.06. The molecule has 2 aromatic heterocycles. The molecule has 2 rings (SSSR count). The molecule has 0 radical (unpaired) electrons. The van der Waals surface area contributed by atoms with Crippen LogP contribution >= 0.6 is 11.8 Å². The van der Waals surface area contributed by atoms with Crippen molar-refractivity contribution in [2.24, 2.45) is 5.73 Å². The lowest BCUT2D eigenvalue weighted by Gasteiger charge is -1.91. The number of aromatic nitrogens is 3. The average Bonchev–Trinajstić information content (AvgIpc) is 2.48. The molecule has 6 heteroatoms. The van der Waals surface area contributed by atoms with Crippen molar-refractivity contribution in [3.63, 3.8) is 0 Å². The number of rotatable bonds is 1. The summed E-state index contributed by atoms with van der Waals surface area (Å²) in [6.45, 7) is 0. The van der Waals surface area contributed by atoms with Gasteiger partial charge in [-0.1, -0.05) is 0 Å². The summed E-state index contributed by atoms with van der Waals surface area (Å²) >= 11 is 0.962. The monoisotopic (exact) mass is 194 g/mol. The summed E-state index contributed by atoms with van der Waals surface area (Å²) in [6, 6.07) is 0. The highest BCUT2D eigenvalue weighted by Crippen LogP contribution is 2.25. The summed E-state index contributed by atoms with van der Waals surface area (Å²) < 4.78 is 0. The Hall–Kier alpha value is -1.56. The molecule has 3 N–H and O–H groups in total. The Morgan fingerprint density at radius 2 is 2.46 bits per heavy atom. The smallest absolute Gasteiger partial charge is 0.281 e. The molecule has 0 aliphatic carbocycles. The van der Waals surface area contributed by atoms with Gasteiger partial charge in [-0.25, -0.2) is 9.97 Å². The highest BCUT2D eigenvalue weighted by Gasteiger charge is 2.07. The Morgan fingerprint density at radius 1 is 1.62 bits per heavy atom. The number of carbonyl (C=O) groups is 1. The number of H-pyrrole nitrogens is 1. The number of hydrogen-bond acceptors (Lipinski definition) is 4. The normalized spacial score (nSPS) is 10.5. The zero-order chi connectivity index (χ0) is 9.26. The number of hydrogen-bond donors (Lipinski definition) is 2. The average molecular weight is 194 g/mol. The fraction of sp³-hybridized carbons (Fsp3) is 0. The summed E-state index contributed by atoms with van der Waals surface area (Å²) in [6.07, 6.45) is 4.77. The molecule has 13 heavy (non-hydrogen) atoms. The minimum absolute atomic E-state index is 0.440. The van der Waals surface area contributed by atoms with Crippen molar-refractivity contribution < 1.29 is 4.79 Å². The molecule has 0 aliphatic heterocycles. The van der Waals surface area contributed by atoms with Crippen LogP contribution in [0.2, 0.25) is 0 Å². The number of nitrogens with one attached hydrogen (secondary N) is 1. The summed E-state index contributed by atoms with van der Waals surface area (Å²) in [5.74, 6) is 0. The maximum Gasteiger partial charge on any atom is 0.281 e. The lowest BCUT2D eigenvalue weighted by molar-refractivity contribution is 0.267. The molecule has 0 fully saturated rings. The third-order valence-corrected chi connectivity index (χ3v) is 2.29. The maximum absolute atomic E-state index is 10.6. The van der Waals surface area contributed by atoms with Crippen LogP contribution in [0.25, 0.3) is 11.0 Å². The second-order valence-electron chi connectivity index (χ2n) is 2.36. The first kappa shape index (κ1) is 8.06. The first-order chi connectivity index (χ1) is 6.27. The van der Waals surface area contributed by atoms with Gasteiger partial charge in [0.15, 0.2) is 0 Å². The van der Waals surface area contributed by atoms with Gasteiger partial charge in [0.25, 0.3) is 5.24 Å². The summed E-state index contributed by atoms with van der Waals surface area (Å²) in [5, 5.41) is 0.371. The molecule has 0 spiro atoms. The zero-order valence-corrected chi connectivity index (χ0v) is 7.34. The SMILES string of the molecule is NC(=O)Sc1c[nH]c2ncncc12.